The fourth-order valence-corrected chi connectivity index (χ4v) is 6.76. The van der Waals surface area contributed by atoms with Crippen LogP contribution in [0.5, 0.6) is 0 Å². The number of amides is 1. The predicted molar refractivity (Wildman–Crippen MR) is 163 cm³/mol. The van der Waals surface area contributed by atoms with Crippen LogP contribution in [0.3, 0.4) is 0 Å². The Morgan fingerprint density at radius 2 is 1.66 bits per heavy atom. The van der Waals surface area contributed by atoms with Crippen molar-refractivity contribution in [1.82, 2.24) is 25.2 Å². The van der Waals surface area contributed by atoms with Gasteiger partial charge in [-0.25, -0.2) is 14.8 Å². The zero-order valence-electron chi connectivity index (χ0n) is 23.1. The first kappa shape index (κ1) is 27.5. The van der Waals surface area contributed by atoms with Crippen LogP contribution < -0.4 is 10.6 Å². The number of hydrogen-bond donors (Lipinski definition) is 4. The number of nitrogens with one attached hydrogen (secondary N) is 3. The van der Waals surface area contributed by atoms with Crippen molar-refractivity contribution in [1.29, 1.82) is 0 Å². The summed E-state index contributed by atoms with van der Waals surface area (Å²) in [6, 6.07) is 19.2. The number of rotatable bonds is 8. The van der Waals surface area contributed by atoms with Gasteiger partial charge in [-0.05, 0) is 86.8 Å². The minimum atomic E-state index is -0.823. The second kappa shape index (κ2) is 12.5. The van der Waals surface area contributed by atoms with E-state index in [0.717, 1.165) is 84.9 Å². The summed E-state index contributed by atoms with van der Waals surface area (Å²) in [5.74, 6) is 0.805. The fraction of sp³-hybridized carbons (Fsp3) is 0.406. The molecule has 1 amide bonds. The van der Waals surface area contributed by atoms with Gasteiger partial charge in [0.25, 0.3) is 0 Å². The lowest BCUT2D eigenvalue weighted by atomic mass is 9.86. The summed E-state index contributed by atoms with van der Waals surface area (Å²) in [4.78, 5) is 25.8. The number of hydrogen-bond acceptors (Lipinski definition) is 5. The van der Waals surface area contributed by atoms with Crippen molar-refractivity contribution < 1.29 is 9.90 Å². The van der Waals surface area contributed by atoms with Crippen molar-refractivity contribution in [2.75, 3.05) is 5.32 Å². The van der Waals surface area contributed by atoms with Crippen LogP contribution in [0.4, 0.5) is 10.6 Å². The van der Waals surface area contributed by atoms with Crippen molar-refractivity contribution in [3.8, 4) is 11.1 Å². The summed E-state index contributed by atoms with van der Waals surface area (Å²) in [6.45, 7) is 0.456. The third-order valence-electron chi connectivity index (χ3n) is 8.69. The second-order valence-electron chi connectivity index (χ2n) is 11.4. The molecule has 0 unspecified atom stereocenters. The molecule has 0 saturated heterocycles. The zero-order valence-corrected chi connectivity index (χ0v) is 23.9. The number of anilines is 1. The average Bonchev–Trinajstić information content (AvgIpc) is 3.42. The summed E-state index contributed by atoms with van der Waals surface area (Å²) in [5, 5.41) is 18.9. The summed E-state index contributed by atoms with van der Waals surface area (Å²) in [7, 11) is 0. The van der Waals surface area contributed by atoms with Gasteiger partial charge >= 0.3 is 6.09 Å². The van der Waals surface area contributed by atoms with E-state index in [0.29, 0.717) is 29.8 Å². The van der Waals surface area contributed by atoms with Gasteiger partial charge in [0.2, 0.25) is 0 Å². The number of carboxylic acid groups (broad SMARTS) is 1. The highest BCUT2D eigenvalue weighted by molar-refractivity contribution is 6.29. The van der Waals surface area contributed by atoms with Gasteiger partial charge in [0.1, 0.15) is 16.6 Å². The Balaban J connectivity index is 0.987. The number of nitrogens with zero attached hydrogens (tertiary/aromatic N) is 3. The molecule has 9 heteroatoms. The Kier molecular flexibility index (Phi) is 8.39. The SMILES string of the molecule is O=C(O)N(Cc1ccccc1)C1CCC(N[C@H]2CC[C@H](Nc3cc(-c4c[nH]c5ncccc45)cc(Cl)n3)CC2)CC1. The molecule has 6 rings (SSSR count). The van der Waals surface area contributed by atoms with E-state index in [9.17, 15) is 9.90 Å². The zero-order chi connectivity index (χ0) is 28.2. The average molecular weight is 573 g/mol. The molecule has 41 heavy (non-hydrogen) atoms. The van der Waals surface area contributed by atoms with Crippen molar-refractivity contribution in [2.45, 2.75) is 82.1 Å². The lowest BCUT2D eigenvalue weighted by Crippen LogP contribution is -2.47. The summed E-state index contributed by atoms with van der Waals surface area (Å²) in [6.07, 6.45) is 11.1. The molecular weight excluding hydrogens is 536 g/mol. The number of pyridine rings is 2. The third-order valence-corrected chi connectivity index (χ3v) is 8.88. The van der Waals surface area contributed by atoms with Crippen molar-refractivity contribution in [2.24, 2.45) is 0 Å². The van der Waals surface area contributed by atoms with E-state index in [4.69, 9.17) is 11.6 Å². The van der Waals surface area contributed by atoms with Gasteiger partial charge in [0.15, 0.2) is 0 Å². The smallest absolute Gasteiger partial charge is 0.407 e. The summed E-state index contributed by atoms with van der Waals surface area (Å²) >= 11 is 6.43. The van der Waals surface area contributed by atoms with Crippen LogP contribution in [0.1, 0.15) is 56.9 Å². The van der Waals surface area contributed by atoms with Crippen LogP contribution in [0, 0.1) is 0 Å². The molecule has 4 N–H and O–H groups in total. The number of fused-ring (bicyclic) bond motifs is 1. The van der Waals surface area contributed by atoms with E-state index in [1.54, 1.807) is 11.1 Å². The molecule has 3 heterocycles. The van der Waals surface area contributed by atoms with Crippen LogP contribution in [0.25, 0.3) is 22.2 Å². The first-order valence-corrected chi connectivity index (χ1v) is 15.1. The molecule has 8 nitrogen and oxygen atoms in total. The Bertz CT molecular complexity index is 1460. The molecular formula is C32H37ClN6O2. The fourth-order valence-electron chi connectivity index (χ4n) is 6.56. The molecule has 0 atom stereocenters. The van der Waals surface area contributed by atoms with Crippen molar-refractivity contribution in [3.63, 3.8) is 0 Å². The van der Waals surface area contributed by atoms with E-state index in [-0.39, 0.29) is 6.04 Å². The third kappa shape index (κ3) is 6.66. The maximum absolute atomic E-state index is 12.0. The highest BCUT2D eigenvalue weighted by atomic mass is 35.5. The number of H-pyrrole nitrogens is 1. The highest BCUT2D eigenvalue weighted by Crippen LogP contribution is 2.32. The number of aromatic amines is 1. The van der Waals surface area contributed by atoms with Crippen LogP contribution in [0.15, 0.2) is 67.0 Å². The monoisotopic (exact) mass is 572 g/mol. The molecule has 2 fully saturated rings. The minimum Gasteiger partial charge on any atom is -0.465 e. The predicted octanol–water partition coefficient (Wildman–Crippen LogP) is 7.08. The molecule has 0 spiro atoms. The first-order chi connectivity index (χ1) is 20.0. The molecule has 3 aromatic heterocycles. The Hall–Kier alpha value is -3.62. The quantitative estimate of drug-likeness (QED) is 0.168. The van der Waals surface area contributed by atoms with E-state index in [1.807, 2.05) is 48.7 Å². The molecule has 1 aromatic carbocycles. The molecule has 214 valence electrons. The van der Waals surface area contributed by atoms with E-state index < -0.39 is 6.09 Å². The molecule has 0 radical (unpaired) electrons. The van der Waals surface area contributed by atoms with Crippen LogP contribution >= 0.6 is 11.6 Å². The number of halogens is 1. The van der Waals surface area contributed by atoms with E-state index >= 15 is 0 Å². The molecule has 4 aromatic rings. The Labute approximate surface area is 245 Å². The number of benzene rings is 1. The van der Waals surface area contributed by atoms with Gasteiger partial charge in [0.05, 0.1) is 0 Å². The molecule has 2 aliphatic rings. The largest absolute Gasteiger partial charge is 0.465 e. The topological polar surface area (TPSA) is 106 Å². The molecule has 2 aliphatic carbocycles. The van der Waals surface area contributed by atoms with Crippen molar-refractivity contribution >= 4 is 34.5 Å². The second-order valence-corrected chi connectivity index (χ2v) is 11.8. The summed E-state index contributed by atoms with van der Waals surface area (Å²) < 4.78 is 0. The van der Waals surface area contributed by atoms with Gasteiger partial charge in [0, 0.05) is 54.1 Å². The maximum Gasteiger partial charge on any atom is 0.407 e. The number of carbonyl (C=O) groups is 1. The molecule has 0 aliphatic heterocycles. The molecule has 0 bridgehead atoms. The highest BCUT2D eigenvalue weighted by Gasteiger charge is 2.31. The Morgan fingerprint density at radius 1 is 0.951 bits per heavy atom. The number of aromatic nitrogens is 3. The van der Waals surface area contributed by atoms with E-state index in [1.165, 1.54) is 0 Å². The van der Waals surface area contributed by atoms with Crippen LogP contribution in [0.2, 0.25) is 5.15 Å². The van der Waals surface area contributed by atoms with Gasteiger partial charge in [-0.2, -0.15) is 0 Å². The first-order valence-electron chi connectivity index (χ1n) is 14.7. The minimum absolute atomic E-state index is 0.0845. The maximum atomic E-state index is 12.0. The lowest BCUT2D eigenvalue weighted by Gasteiger charge is -2.38. The van der Waals surface area contributed by atoms with Gasteiger partial charge in [-0.3, -0.25) is 0 Å². The lowest BCUT2D eigenvalue weighted by molar-refractivity contribution is 0.100. The van der Waals surface area contributed by atoms with Crippen LogP contribution in [-0.4, -0.2) is 55.2 Å². The molecule has 2 saturated carbocycles. The summed E-state index contributed by atoms with van der Waals surface area (Å²) in [5.41, 5.74) is 3.98. The van der Waals surface area contributed by atoms with Gasteiger partial charge in [-0.1, -0.05) is 41.9 Å². The van der Waals surface area contributed by atoms with Gasteiger partial charge < -0.3 is 25.6 Å². The van der Waals surface area contributed by atoms with E-state index in [2.05, 4.69) is 37.7 Å². The van der Waals surface area contributed by atoms with Gasteiger partial charge in [-0.15, -0.1) is 0 Å². The standard InChI is InChI=1S/C32H37ClN6O2/c33-29-17-22(28-19-35-31-27(28)7-4-16-34-31)18-30(38-29)37-25-10-8-23(9-11-25)36-24-12-14-26(15-13-24)39(32(40)41)20-21-5-2-1-3-6-21/h1-7,16-19,23-26,36H,8-15,20H2,(H,34,35)(H,37,38)(H,40,41)/t23-,24?,25-,26?. The normalized spacial score (nSPS) is 22.9. The Morgan fingerprint density at radius 3 is 2.39 bits per heavy atom. The van der Waals surface area contributed by atoms with Crippen LogP contribution in [-0.2, 0) is 6.54 Å². The van der Waals surface area contributed by atoms with Crippen molar-refractivity contribution in [3.05, 3.63) is 77.7 Å².